The molecule has 26 heavy (non-hydrogen) atoms. The molecule has 0 N–H and O–H groups in total. The molecule has 0 aromatic carbocycles. The molecule has 1 aliphatic carbocycles. The Labute approximate surface area is 156 Å². The molecule has 0 unspecified atom stereocenters. The fourth-order valence-corrected chi connectivity index (χ4v) is 3.84. The Bertz CT molecular complexity index is 708. The second kappa shape index (κ2) is 9.82. The lowest BCUT2D eigenvalue weighted by atomic mass is 9.95. The zero-order valence-corrected chi connectivity index (χ0v) is 15.9. The Hall–Kier alpha value is -2.53. The second-order valence-corrected chi connectivity index (χ2v) is 6.96. The highest BCUT2D eigenvalue weighted by molar-refractivity contribution is 5.92. The lowest BCUT2D eigenvalue weighted by Gasteiger charge is -2.26. The predicted molar refractivity (Wildman–Crippen MR) is 102 cm³/mol. The van der Waals surface area contributed by atoms with Gasteiger partial charge < -0.3 is 9.47 Å². The van der Waals surface area contributed by atoms with Crippen LogP contribution < -0.4 is 0 Å². The number of rotatable bonds is 7. The van der Waals surface area contributed by atoms with Crippen LogP contribution in [0.1, 0.15) is 67.9 Å². The Kier molecular flexibility index (Phi) is 7.48. The first kappa shape index (κ1) is 19.8. The molecule has 1 heterocycles. The molecule has 0 aliphatic heterocycles. The molecule has 0 radical (unpaired) electrons. The SMILES string of the molecule is Cc1cc(/C=C/C(=O)N(CCC#N)CCC#N)c(C)n1C1CCCCC1. The van der Waals surface area contributed by atoms with Crippen molar-refractivity contribution < 1.29 is 4.79 Å². The summed E-state index contributed by atoms with van der Waals surface area (Å²) < 4.78 is 2.42. The number of carbonyl (C=O) groups excluding carboxylic acids is 1. The van der Waals surface area contributed by atoms with Gasteiger partial charge in [-0.3, -0.25) is 4.79 Å². The highest BCUT2D eigenvalue weighted by Crippen LogP contribution is 2.32. The molecule has 0 spiro atoms. The first-order chi connectivity index (χ1) is 12.6. The van der Waals surface area contributed by atoms with Gasteiger partial charge in [0.2, 0.25) is 5.91 Å². The van der Waals surface area contributed by atoms with E-state index >= 15 is 0 Å². The van der Waals surface area contributed by atoms with Gasteiger partial charge in [0.1, 0.15) is 0 Å². The van der Waals surface area contributed by atoms with Crippen LogP contribution in [-0.2, 0) is 4.79 Å². The molecule has 0 bridgehead atoms. The number of nitrogens with zero attached hydrogens (tertiary/aromatic N) is 4. The Morgan fingerprint density at radius 3 is 2.38 bits per heavy atom. The van der Waals surface area contributed by atoms with Crippen molar-refractivity contribution in [1.29, 1.82) is 10.5 Å². The normalized spacial score (nSPS) is 14.9. The van der Waals surface area contributed by atoms with E-state index in [2.05, 4.69) is 36.6 Å². The van der Waals surface area contributed by atoms with Crippen LogP contribution in [0.5, 0.6) is 0 Å². The topological polar surface area (TPSA) is 72.8 Å². The summed E-state index contributed by atoms with van der Waals surface area (Å²) in [7, 11) is 0. The molecule has 1 fully saturated rings. The van der Waals surface area contributed by atoms with Crippen molar-refractivity contribution in [3.63, 3.8) is 0 Å². The van der Waals surface area contributed by atoms with Crippen LogP contribution in [0.15, 0.2) is 12.1 Å². The van der Waals surface area contributed by atoms with Gasteiger partial charge in [-0.25, -0.2) is 0 Å². The van der Waals surface area contributed by atoms with Crippen LogP contribution >= 0.6 is 0 Å². The fourth-order valence-electron chi connectivity index (χ4n) is 3.84. The van der Waals surface area contributed by atoms with Gasteiger partial charge in [0.25, 0.3) is 0 Å². The molecule has 1 aromatic rings. The minimum absolute atomic E-state index is 0.141. The summed E-state index contributed by atoms with van der Waals surface area (Å²) in [6.07, 6.45) is 10.4. The smallest absolute Gasteiger partial charge is 0.246 e. The van der Waals surface area contributed by atoms with E-state index in [0.717, 1.165) is 5.56 Å². The van der Waals surface area contributed by atoms with Gasteiger partial charge in [0, 0.05) is 36.6 Å². The standard InChI is InChI=1S/C21H28N4O/c1-17-16-19(18(2)25(17)20-8-4-3-5-9-20)10-11-21(26)24(14-6-12-22)15-7-13-23/h10-11,16,20H,3-9,14-15H2,1-2H3/b11-10+. The summed E-state index contributed by atoms with van der Waals surface area (Å²) in [5, 5.41) is 17.5. The third-order valence-corrected chi connectivity index (χ3v) is 5.17. The number of hydrogen-bond acceptors (Lipinski definition) is 3. The number of carbonyl (C=O) groups is 1. The van der Waals surface area contributed by atoms with Crippen molar-refractivity contribution in [3.05, 3.63) is 29.1 Å². The first-order valence-corrected chi connectivity index (χ1v) is 9.47. The van der Waals surface area contributed by atoms with Crippen LogP contribution in [0.2, 0.25) is 0 Å². The molecule has 0 atom stereocenters. The maximum atomic E-state index is 12.4. The van der Waals surface area contributed by atoms with E-state index in [1.165, 1.54) is 43.5 Å². The summed E-state index contributed by atoms with van der Waals surface area (Å²) in [6.45, 7) is 4.98. The Balaban J connectivity index is 2.12. The highest BCUT2D eigenvalue weighted by atomic mass is 16.2. The van der Waals surface area contributed by atoms with Gasteiger partial charge in [-0.05, 0) is 44.4 Å². The van der Waals surface area contributed by atoms with Crippen molar-refractivity contribution in [2.24, 2.45) is 0 Å². The van der Waals surface area contributed by atoms with Gasteiger partial charge in [0.15, 0.2) is 0 Å². The molecule has 1 amide bonds. The molecule has 1 saturated carbocycles. The summed E-state index contributed by atoms with van der Waals surface area (Å²) in [5.41, 5.74) is 3.52. The largest absolute Gasteiger partial charge is 0.346 e. The van der Waals surface area contributed by atoms with Crippen molar-refractivity contribution in [1.82, 2.24) is 9.47 Å². The van der Waals surface area contributed by atoms with E-state index in [0.29, 0.717) is 19.1 Å². The van der Waals surface area contributed by atoms with Gasteiger partial charge >= 0.3 is 0 Å². The maximum Gasteiger partial charge on any atom is 0.246 e. The van der Waals surface area contributed by atoms with Crippen molar-refractivity contribution >= 4 is 12.0 Å². The van der Waals surface area contributed by atoms with E-state index in [1.807, 2.05) is 6.08 Å². The number of hydrogen-bond donors (Lipinski definition) is 0. The van der Waals surface area contributed by atoms with Crippen molar-refractivity contribution in [3.8, 4) is 12.1 Å². The zero-order chi connectivity index (χ0) is 18.9. The fraction of sp³-hybridized carbons (Fsp3) is 0.571. The first-order valence-electron chi connectivity index (χ1n) is 9.47. The third-order valence-electron chi connectivity index (χ3n) is 5.17. The van der Waals surface area contributed by atoms with Gasteiger partial charge in [-0.2, -0.15) is 10.5 Å². The van der Waals surface area contributed by atoms with E-state index < -0.39 is 0 Å². The van der Waals surface area contributed by atoms with E-state index in [-0.39, 0.29) is 18.7 Å². The minimum atomic E-state index is -0.141. The van der Waals surface area contributed by atoms with E-state index in [1.54, 1.807) is 11.0 Å². The zero-order valence-electron chi connectivity index (χ0n) is 15.9. The molecule has 138 valence electrons. The van der Waals surface area contributed by atoms with Crippen LogP contribution in [0.4, 0.5) is 0 Å². The van der Waals surface area contributed by atoms with Crippen LogP contribution in [0, 0.1) is 36.5 Å². The summed E-state index contributed by atoms with van der Waals surface area (Å²) in [6, 6.07) is 6.83. The molecule has 1 aliphatic rings. The summed E-state index contributed by atoms with van der Waals surface area (Å²) in [5.74, 6) is -0.141. The minimum Gasteiger partial charge on any atom is -0.346 e. The average Bonchev–Trinajstić information content (AvgIpc) is 2.94. The number of aromatic nitrogens is 1. The maximum absolute atomic E-state index is 12.4. The van der Waals surface area contributed by atoms with Crippen molar-refractivity contribution in [2.75, 3.05) is 13.1 Å². The lowest BCUT2D eigenvalue weighted by molar-refractivity contribution is -0.125. The molecule has 0 saturated heterocycles. The quantitative estimate of drug-likeness (QED) is 0.688. The van der Waals surface area contributed by atoms with Crippen LogP contribution in [0.3, 0.4) is 0 Å². The summed E-state index contributed by atoms with van der Waals surface area (Å²) in [4.78, 5) is 14.0. The highest BCUT2D eigenvalue weighted by Gasteiger charge is 2.19. The second-order valence-electron chi connectivity index (χ2n) is 6.96. The monoisotopic (exact) mass is 352 g/mol. The third kappa shape index (κ3) is 4.99. The lowest BCUT2D eigenvalue weighted by Crippen LogP contribution is -2.31. The Morgan fingerprint density at radius 2 is 1.81 bits per heavy atom. The molecule has 1 aromatic heterocycles. The molecular weight excluding hydrogens is 324 g/mol. The van der Waals surface area contributed by atoms with E-state index in [9.17, 15) is 4.79 Å². The molecule has 5 nitrogen and oxygen atoms in total. The van der Waals surface area contributed by atoms with Crippen LogP contribution in [-0.4, -0.2) is 28.5 Å². The number of amides is 1. The van der Waals surface area contributed by atoms with Gasteiger partial charge in [-0.15, -0.1) is 0 Å². The van der Waals surface area contributed by atoms with Gasteiger partial charge in [0.05, 0.1) is 25.0 Å². The average molecular weight is 352 g/mol. The number of nitriles is 2. The predicted octanol–water partition coefficient (Wildman–Crippen LogP) is 4.28. The molecule has 2 rings (SSSR count). The van der Waals surface area contributed by atoms with E-state index in [4.69, 9.17) is 10.5 Å². The number of aryl methyl sites for hydroxylation is 1. The van der Waals surface area contributed by atoms with Gasteiger partial charge in [-0.1, -0.05) is 19.3 Å². The van der Waals surface area contributed by atoms with Crippen LogP contribution in [0.25, 0.3) is 6.08 Å². The molecule has 5 heteroatoms. The van der Waals surface area contributed by atoms with Crippen molar-refractivity contribution in [2.45, 2.75) is 64.8 Å². The Morgan fingerprint density at radius 1 is 1.19 bits per heavy atom. The summed E-state index contributed by atoms with van der Waals surface area (Å²) >= 11 is 0. The molecular formula is C21H28N4O.